The van der Waals surface area contributed by atoms with Crippen molar-refractivity contribution in [2.75, 3.05) is 0 Å². The zero-order valence-corrected chi connectivity index (χ0v) is 14.7. The number of hydrogen-bond donors (Lipinski definition) is 1. The van der Waals surface area contributed by atoms with Gasteiger partial charge < -0.3 is 5.11 Å². The molecule has 0 radical (unpaired) electrons. The van der Waals surface area contributed by atoms with Gasteiger partial charge in [-0.05, 0) is 0 Å². The summed E-state index contributed by atoms with van der Waals surface area (Å²) in [4.78, 5) is 8.36. The Hall–Kier alpha value is 0.269. The van der Waals surface area contributed by atoms with Gasteiger partial charge in [0.1, 0.15) is 0 Å². The predicted molar refractivity (Wildman–Crippen MR) is 75.0 cm³/mol. The van der Waals surface area contributed by atoms with E-state index < -0.39 is 19.8 Å². The molecule has 3 heteroatoms. The van der Waals surface area contributed by atoms with E-state index in [9.17, 15) is 0 Å². The second-order valence-electron chi connectivity index (χ2n) is 4.40. The molecule has 0 aromatic carbocycles. The molecule has 0 saturated heterocycles. The molecule has 98 valence electrons. The first-order valence-electron chi connectivity index (χ1n) is 6.84. The van der Waals surface area contributed by atoms with Crippen LogP contribution < -0.4 is 0 Å². The molecule has 0 bridgehead atoms. The molecule has 2 nitrogen and oxygen atoms in total. The van der Waals surface area contributed by atoms with Crippen molar-refractivity contribution in [3.05, 3.63) is 0 Å². The first-order valence-corrected chi connectivity index (χ1v) is 13.8. The minimum absolute atomic E-state index is 0.250. The van der Waals surface area contributed by atoms with Gasteiger partial charge in [0.05, 0.1) is 0 Å². The van der Waals surface area contributed by atoms with E-state index in [1.54, 1.807) is 13.3 Å². The number of rotatable bonds is 9. The largest absolute Gasteiger partial charge is 0.483 e. The average Bonchev–Trinajstić information content (AvgIpc) is 2.29. The molecule has 1 N–H and O–H groups in total. The summed E-state index contributed by atoms with van der Waals surface area (Å²) in [6.45, 7) is 6.76. The van der Waals surface area contributed by atoms with E-state index >= 15 is 0 Å². The van der Waals surface area contributed by atoms with Crippen LogP contribution >= 0.6 is 0 Å². The van der Waals surface area contributed by atoms with Crippen LogP contribution in [0.3, 0.4) is 0 Å². The molecule has 0 atom stereocenters. The number of carboxylic acid groups (broad SMARTS) is 1. The van der Waals surface area contributed by atoms with Gasteiger partial charge >= 0.3 is 92.4 Å². The summed E-state index contributed by atoms with van der Waals surface area (Å²) in [5, 5.41) is 6.89. The Labute approximate surface area is 109 Å². The fraction of sp³-hybridized carbons (Fsp3) is 0.923. The van der Waals surface area contributed by atoms with E-state index in [-0.39, 0.29) is 6.47 Å². The summed E-state index contributed by atoms with van der Waals surface area (Å²) in [5.41, 5.74) is 0. The van der Waals surface area contributed by atoms with E-state index in [4.69, 9.17) is 9.90 Å². The molecule has 0 rings (SSSR count). The van der Waals surface area contributed by atoms with Crippen LogP contribution in [0.5, 0.6) is 0 Å². The fourth-order valence-electron chi connectivity index (χ4n) is 1.91. The van der Waals surface area contributed by atoms with Crippen molar-refractivity contribution in [2.45, 2.75) is 72.6 Å². The van der Waals surface area contributed by atoms with Gasteiger partial charge in [0.25, 0.3) is 6.47 Å². The van der Waals surface area contributed by atoms with Crippen molar-refractivity contribution >= 4 is 26.2 Å². The molecule has 0 aromatic heterocycles. The Bertz CT molecular complexity index is 110. The van der Waals surface area contributed by atoms with Gasteiger partial charge in [-0.25, -0.2) is 0 Å². The van der Waals surface area contributed by atoms with E-state index in [1.807, 2.05) is 0 Å². The summed E-state index contributed by atoms with van der Waals surface area (Å²) < 4.78 is 5.08. The Morgan fingerprint density at radius 3 is 1.31 bits per heavy atom. The van der Waals surface area contributed by atoms with Gasteiger partial charge in [-0.3, -0.25) is 4.79 Å². The smallest absolute Gasteiger partial charge is 0.290 e. The monoisotopic (exact) mass is 338 g/mol. The minimum Gasteiger partial charge on any atom is -0.483 e. The molecule has 0 fully saturated rings. The third-order valence-corrected chi connectivity index (χ3v) is 13.4. The van der Waals surface area contributed by atoms with Gasteiger partial charge in [-0.15, -0.1) is 0 Å². The van der Waals surface area contributed by atoms with E-state index in [2.05, 4.69) is 20.8 Å². The zero-order valence-electron chi connectivity index (χ0n) is 11.4. The molecule has 0 spiro atoms. The van der Waals surface area contributed by atoms with E-state index in [0.717, 1.165) is 0 Å². The van der Waals surface area contributed by atoms with Crippen LogP contribution in [-0.2, 0) is 4.79 Å². The first kappa shape index (κ1) is 18.6. The summed E-state index contributed by atoms with van der Waals surface area (Å²) in [6.07, 6.45) is 8.87. The van der Waals surface area contributed by atoms with Crippen LogP contribution in [0.15, 0.2) is 0 Å². The van der Waals surface area contributed by atoms with Crippen molar-refractivity contribution in [3.63, 3.8) is 0 Å². The molecule has 0 unspecified atom stereocenters. The topological polar surface area (TPSA) is 37.3 Å². The quantitative estimate of drug-likeness (QED) is 0.503. The summed E-state index contributed by atoms with van der Waals surface area (Å²) in [5.74, 6) is 0. The second kappa shape index (κ2) is 17.7. The Balaban J connectivity index is 0. The second-order valence-corrected chi connectivity index (χ2v) is 14.3. The molecule has 0 aromatic rings. The van der Waals surface area contributed by atoms with Gasteiger partial charge in [0.15, 0.2) is 0 Å². The van der Waals surface area contributed by atoms with E-state index in [0.29, 0.717) is 0 Å². The first-order chi connectivity index (χ1) is 7.76. The maximum Gasteiger partial charge on any atom is 0.290 e. The zero-order chi connectivity index (χ0) is 12.6. The molecule has 0 aliphatic heterocycles. The van der Waals surface area contributed by atoms with Crippen LogP contribution in [0.25, 0.3) is 0 Å². The predicted octanol–water partition coefficient (Wildman–Crippen LogP) is 4.31. The summed E-state index contributed by atoms with van der Waals surface area (Å²) >= 11 is -0.967. The third-order valence-electron chi connectivity index (χ3n) is 2.90. The van der Waals surface area contributed by atoms with Crippen molar-refractivity contribution in [2.24, 2.45) is 0 Å². The van der Waals surface area contributed by atoms with Crippen LogP contribution in [0.4, 0.5) is 0 Å². The third kappa shape index (κ3) is 16.7. The SMILES string of the molecule is CCC[CH2][SnH]([CH2]CCC)[CH2]CCC.O=CO. The van der Waals surface area contributed by atoms with Crippen molar-refractivity contribution in [1.82, 2.24) is 0 Å². The van der Waals surface area contributed by atoms with E-state index in [1.165, 1.54) is 38.5 Å². The molecule has 16 heavy (non-hydrogen) atoms. The average molecular weight is 337 g/mol. The minimum atomic E-state index is -0.967. The fourth-order valence-corrected chi connectivity index (χ4v) is 12.8. The number of carbonyl (C=O) groups is 1. The van der Waals surface area contributed by atoms with Crippen molar-refractivity contribution < 1.29 is 9.90 Å². The van der Waals surface area contributed by atoms with Crippen LogP contribution in [0, 0.1) is 0 Å². The Morgan fingerprint density at radius 2 is 1.12 bits per heavy atom. The molecule has 0 aliphatic carbocycles. The van der Waals surface area contributed by atoms with Gasteiger partial charge in [-0.1, -0.05) is 0 Å². The molecule has 0 aliphatic rings. The maximum absolute atomic E-state index is 8.36. The summed E-state index contributed by atoms with van der Waals surface area (Å²) in [7, 11) is 0. The van der Waals surface area contributed by atoms with Crippen molar-refractivity contribution in [1.29, 1.82) is 0 Å². The van der Waals surface area contributed by atoms with Crippen LogP contribution in [0.2, 0.25) is 13.3 Å². The normalized spacial score (nSPS) is 9.75. The molecular weight excluding hydrogens is 307 g/mol. The molecule has 0 amide bonds. The Morgan fingerprint density at radius 1 is 0.875 bits per heavy atom. The van der Waals surface area contributed by atoms with Gasteiger partial charge in [0.2, 0.25) is 0 Å². The number of hydrogen-bond acceptors (Lipinski definition) is 1. The number of unbranched alkanes of at least 4 members (excludes halogenated alkanes) is 3. The molecule has 0 heterocycles. The van der Waals surface area contributed by atoms with Crippen LogP contribution in [-0.4, -0.2) is 31.3 Å². The van der Waals surface area contributed by atoms with Gasteiger partial charge in [-0.2, -0.15) is 0 Å². The maximum atomic E-state index is 8.36. The van der Waals surface area contributed by atoms with Gasteiger partial charge in [0, 0.05) is 0 Å². The van der Waals surface area contributed by atoms with Crippen LogP contribution in [0.1, 0.15) is 59.3 Å². The summed E-state index contributed by atoms with van der Waals surface area (Å²) in [6, 6.07) is 0. The molecule has 0 saturated carbocycles. The Kier molecular flexibility index (Phi) is 20.6. The standard InChI is InChI=1S/3C4H9.CH2O2.Sn.H/c3*1-3-4-2;2-1-3;;/h3*1,3-4H2,2H3;1H,(H,2,3);;. The molecular formula is C13H30O2Sn. The van der Waals surface area contributed by atoms with Crippen molar-refractivity contribution in [3.8, 4) is 0 Å².